The minimum absolute atomic E-state index is 0.0806. The highest BCUT2D eigenvalue weighted by molar-refractivity contribution is 5.97. The van der Waals surface area contributed by atoms with Crippen LogP contribution in [-0.4, -0.2) is 24.5 Å². The molecule has 0 aromatic heterocycles. The largest absolute Gasteiger partial charge is 0.483 e. The number of carbonyl (C=O) groups is 2. The first kappa shape index (κ1) is 19.9. The van der Waals surface area contributed by atoms with E-state index in [2.05, 4.69) is 10.6 Å². The van der Waals surface area contributed by atoms with Gasteiger partial charge >= 0.3 is 0 Å². The number of rotatable bonds is 6. The maximum atomic E-state index is 12.5. The third-order valence-electron chi connectivity index (χ3n) is 5.05. The Bertz CT molecular complexity index is 841. The quantitative estimate of drug-likeness (QED) is 0.781. The molecule has 148 valence electrons. The zero-order chi connectivity index (χ0) is 19.9. The molecule has 2 amide bonds. The van der Waals surface area contributed by atoms with Gasteiger partial charge in [-0.3, -0.25) is 9.59 Å². The fraction of sp³-hybridized carbons (Fsp3) is 0.391. The van der Waals surface area contributed by atoms with Gasteiger partial charge in [0.2, 0.25) is 0 Å². The van der Waals surface area contributed by atoms with Crippen LogP contribution in [0.2, 0.25) is 0 Å². The molecule has 0 saturated heterocycles. The zero-order valence-electron chi connectivity index (χ0n) is 16.6. The van der Waals surface area contributed by atoms with Gasteiger partial charge in [0.15, 0.2) is 6.61 Å². The van der Waals surface area contributed by atoms with Crippen LogP contribution in [0.5, 0.6) is 5.75 Å². The van der Waals surface area contributed by atoms with Gasteiger partial charge in [-0.15, -0.1) is 0 Å². The SMILES string of the molecule is Cc1ccc(C)c(OCC(=O)Nc2cccc(C(=O)NC3CCCCC3)c2)c1. The van der Waals surface area contributed by atoms with E-state index in [0.29, 0.717) is 17.0 Å². The van der Waals surface area contributed by atoms with Gasteiger partial charge in [-0.05, 0) is 62.1 Å². The average molecular weight is 380 g/mol. The van der Waals surface area contributed by atoms with E-state index in [1.54, 1.807) is 24.3 Å². The molecule has 1 aliphatic rings. The number of benzene rings is 2. The molecule has 1 aliphatic carbocycles. The molecule has 3 rings (SSSR count). The molecule has 5 heteroatoms. The molecule has 0 radical (unpaired) electrons. The molecule has 0 heterocycles. The molecule has 1 saturated carbocycles. The lowest BCUT2D eigenvalue weighted by Gasteiger charge is -2.22. The van der Waals surface area contributed by atoms with Crippen molar-refractivity contribution in [3.05, 3.63) is 59.2 Å². The summed E-state index contributed by atoms with van der Waals surface area (Å²) in [6.45, 7) is 3.85. The Morgan fingerprint density at radius 2 is 1.82 bits per heavy atom. The van der Waals surface area contributed by atoms with Gasteiger partial charge in [0.25, 0.3) is 11.8 Å². The highest BCUT2D eigenvalue weighted by Crippen LogP contribution is 2.20. The minimum Gasteiger partial charge on any atom is -0.483 e. The summed E-state index contributed by atoms with van der Waals surface area (Å²) in [4.78, 5) is 24.7. The third kappa shape index (κ3) is 5.59. The molecule has 5 nitrogen and oxygen atoms in total. The van der Waals surface area contributed by atoms with E-state index in [1.165, 1.54) is 19.3 Å². The smallest absolute Gasteiger partial charge is 0.262 e. The van der Waals surface area contributed by atoms with E-state index in [9.17, 15) is 9.59 Å². The van der Waals surface area contributed by atoms with Gasteiger partial charge in [0, 0.05) is 17.3 Å². The first-order valence-electron chi connectivity index (χ1n) is 9.92. The van der Waals surface area contributed by atoms with Crippen LogP contribution in [0.1, 0.15) is 53.6 Å². The topological polar surface area (TPSA) is 67.4 Å². The number of amides is 2. The predicted octanol–water partition coefficient (Wildman–Crippen LogP) is 4.38. The maximum absolute atomic E-state index is 12.5. The zero-order valence-corrected chi connectivity index (χ0v) is 16.6. The van der Waals surface area contributed by atoms with Crippen molar-refractivity contribution in [3.8, 4) is 5.75 Å². The number of nitrogens with one attached hydrogen (secondary N) is 2. The second kappa shape index (κ2) is 9.40. The molecular formula is C23H28N2O3. The molecule has 0 spiro atoms. The molecule has 0 unspecified atom stereocenters. The average Bonchev–Trinajstić information content (AvgIpc) is 2.69. The Kier molecular flexibility index (Phi) is 6.69. The van der Waals surface area contributed by atoms with E-state index in [1.807, 2.05) is 32.0 Å². The van der Waals surface area contributed by atoms with Crippen molar-refractivity contribution < 1.29 is 14.3 Å². The Labute approximate surface area is 166 Å². The van der Waals surface area contributed by atoms with Gasteiger partial charge in [-0.2, -0.15) is 0 Å². The summed E-state index contributed by atoms with van der Waals surface area (Å²) >= 11 is 0. The predicted molar refractivity (Wildman–Crippen MR) is 111 cm³/mol. The van der Waals surface area contributed by atoms with Crippen molar-refractivity contribution in [3.63, 3.8) is 0 Å². The van der Waals surface area contributed by atoms with Crippen LogP contribution in [-0.2, 0) is 4.79 Å². The first-order chi connectivity index (χ1) is 13.5. The van der Waals surface area contributed by atoms with E-state index in [0.717, 1.165) is 24.0 Å². The van der Waals surface area contributed by atoms with Gasteiger partial charge in [0.1, 0.15) is 5.75 Å². The lowest BCUT2D eigenvalue weighted by molar-refractivity contribution is -0.118. The van der Waals surface area contributed by atoms with Crippen LogP contribution in [0.3, 0.4) is 0 Å². The normalized spacial score (nSPS) is 14.4. The number of hydrogen-bond acceptors (Lipinski definition) is 3. The summed E-state index contributed by atoms with van der Waals surface area (Å²) in [6.07, 6.45) is 5.66. The van der Waals surface area contributed by atoms with Crippen LogP contribution in [0.25, 0.3) is 0 Å². The van der Waals surface area contributed by atoms with Crippen LogP contribution in [0.4, 0.5) is 5.69 Å². The molecule has 1 fully saturated rings. The van der Waals surface area contributed by atoms with Crippen molar-refractivity contribution in [1.29, 1.82) is 0 Å². The molecule has 0 aliphatic heterocycles. The van der Waals surface area contributed by atoms with Crippen LogP contribution in [0, 0.1) is 13.8 Å². The van der Waals surface area contributed by atoms with Crippen LogP contribution in [0.15, 0.2) is 42.5 Å². The fourth-order valence-corrected chi connectivity index (χ4v) is 3.46. The van der Waals surface area contributed by atoms with Crippen molar-refractivity contribution in [2.24, 2.45) is 0 Å². The summed E-state index contributed by atoms with van der Waals surface area (Å²) in [5.74, 6) is 0.358. The number of ether oxygens (including phenoxy) is 1. The van der Waals surface area contributed by atoms with Crippen molar-refractivity contribution in [2.75, 3.05) is 11.9 Å². The maximum Gasteiger partial charge on any atom is 0.262 e. The summed E-state index contributed by atoms with van der Waals surface area (Å²) < 4.78 is 5.64. The van der Waals surface area contributed by atoms with Crippen LogP contribution >= 0.6 is 0 Å². The van der Waals surface area contributed by atoms with Crippen molar-refractivity contribution in [2.45, 2.75) is 52.0 Å². The highest BCUT2D eigenvalue weighted by Gasteiger charge is 2.17. The van der Waals surface area contributed by atoms with E-state index >= 15 is 0 Å². The molecular weight excluding hydrogens is 352 g/mol. The Balaban J connectivity index is 1.55. The van der Waals surface area contributed by atoms with Crippen molar-refractivity contribution in [1.82, 2.24) is 5.32 Å². The van der Waals surface area contributed by atoms with Crippen molar-refractivity contribution >= 4 is 17.5 Å². The Morgan fingerprint density at radius 3 is 2.61 bits per heavy atom. The lowest BCUT2D eigenvalue weighted by Crippen LogP contribution is -2.36. The molecule has 2 N–H and O–H groups in total. The number of carbonyl (C=O) groups excluding carboxylic acids is 2. The lowest BCUT2D eigenvalue weighted by atomic mass is 9.95. The van der Waals surface area contributed by atoms with Gasteiger partial charge in [-0.1, -0.05) is 37.5 Å². The first-order valence-corrected chi connectivity index (χ1v) is 9.92. The van der Waals surface area contributed by atoms with Crippen LogP contribution < -0.4 is 15.4 Å². The number of aryl methyl sites for hydroxylation is 2. The summed E-state index contributed by atoms with van der Waals surface area (Å²) in [5, 5.41) is 5.90. The standard InChI is InChI=1S/C23H28N2O3/c1-16-11-12-17(2)21(13-16)28-15-22(26)24-20-10-6-7-18(14-20)23(27)25-19-8-4-3-5-9-19/h6-7,10-14,19H,3-5,8-9,15H2,1-2H3,(H,24,26)(H,25,27). The van der Waals surface area contributed by atoms with Gasteiger partial charge < -0.3 is 15.4 Å². The Morgan fingerprint density at radius 1 is 1.04 bits per heavy atom. The molecule has 2 aromatic rings. The van der Waals surface area contributed by atoms with Gasteiger partial charge in [-0.25, -0.2) is 0 Å². The minimum atomic E-state index is -0.259. The van der Waals surface area contributed by atoms with Gasteiger partial charge in [0.05, 0.1) is 0 Å². The summed E-state index contributed by atoms with van der Waals surface area (Å²) in [6, 6.07) is 13.2. The van der Waals surface area contributed by atoms with E-state index in [-0.39, 0.29) is 24.5 Å². The fourth-order valence-electron chi connectivity index (χ4n) is 3.46. The second-order valence-corrected chi connectivity index (χ2v) is 7.50. The molecule has 28 heavy (non-hydrogen) atoms. The Hall–Kier alpha value is -2.82. The van der Waals surface area contributed by atoms with E-state index < -0.39 is 0 Å². The molecule has 0 bridgehead atoms. The molecule has 0 atom stereocenters. The third-order valence-corrected chi connectivity index (χ3v) is 5.05. The van der Waals surface area contributed by atoms with E-state index in [4.69, 9.17) is 4.74 Å². The second-order valence-electron chi connectivity index (χ2n) is 7.50. The monoisotopic (exact) mass is 380 g/mol. The number of anilines is 1. The summed E-state index contributed by atoms with van der Waals surface area (Å²) in [7, 11) is 0. The summed E-state index contributed by atoms with van der Waals surface area (Å²) in [5.41, 5.74) is 3.21. The highest BCUT2D eigenvalue weighted by atomic mass is 16.5. The number of hydrogen-bond donors (Lipinski definition) is 2. The molecule has 2 aromatic carbocycles.